The molecule has 0 spiro atoms. The third kappa shape index (κ3) is 5.48. The number of hydrogen-bond acceptors (Lipinski definition) is 5. The molecule has 7 nitrogen and oxygen atoms in total. The molecule has 8 heteroatoms. The summed E-state index contributed by atoms with van der Waals surface area (Å²) in [5.74, 6) is -0.416. The zero-order chi connectivity index (χ0) is 16.7. The Hall–Kier alpha value is -2.22. The van der Waals surface area contributed by atoms with Gasteiger partial charge in [-0.1, -0.05) is 0 Å². The number of aromatic amines is 1. The van der Waals surface area contributed by atoms with Crippen LogP contribution in [0, 0.1) is 6.92 Å². The van der Waals surface area contributed by atoms with Gasteiger partial charge in [0.1, 0.15) is 6.04 Å². The molecule has 0 bridgehead atoms. The van der Waals surface area contributed by atoms with Crippen LogP contribution in [0.15, 0.2) is 18.0 Å². The standard InChI is InChI=1S/C15H21N5O2S/c1-10-14(23-9-19-10)4-3-5-17-15(22)13(20-11(2)21)6-12-7-16-8-18-12/h7-9,13H,3-6H2,1-2H3,(H,16,18)(H,17,22)(H,20,21). The Labute approximate surface area is 138 Å². The second kappa shape index (κ2) is 8.42. The highest BCUT2D eigenvalue weighted by Crippen LogP contribution is 2.13. The minimum absolute atomic E-state index is 0.184. The molecule has 0 fully saturated rings. The highest BCUT2D eigenvalue weighted by molar-refractivity contribution is 7.09. The maximum Gasteiger partial charge on any atom is 0.242 e. The highest BCUT2D eigenvalue weighted by atomic mass is 32.1. The third-order valence-electron chi connectivity index (χ3n) is 3.40. The van der Waals surface area contributed by atoms with Gasteiger partial charge < -0.3 is 15.6 Å². The fourth-order valence-electron chi connectivity index (χ4n) is 2.22. The molecule has 23 heavy (non-hydrogen) atoms. The van der Waals surface area contributed by atoms with Crippen LogP contribution in [0.4, 0.5) is 0 Å². The quantitative estimate of drug-likeness (QED) is 0.626. The maximum atomic E-state index is 12.3. The van der Waals surface area contributed by atoms with E-state index in [1.807, 2.05) is 12.4 Å². The number of nitrogens with one attached hydrogen (secondary N) is 3. The maximum absolute atomic E-state index is 12.3. The van der Waals surface area contributed by atoms with Gasteiger partial charge in [0, 0.05) is 36.7 Å². The van der Waals surface area contributed by atoms with Gasteiger partial charge in [-0.15, -0.1) is 11.3 Å². The van der Waals surface area contributed by atoms with Gasteiger partial charge in [-0.05, 0) is 19.8 Å². The van der Waals surface area contributed by atoms with Gasteiger partial charge in [0.15, 0.2) is 0 Å². The van der Waals surface area contributed by atoms with Crippen molar-refractivity contribution in [2.45, 2.75) is 39.2 Å². The first kappa shape index (κ1) is 17.1. The molecule has 0 aliphatic carbocycles. The molecule has 2 aromatic rings. The second-order valence-corrected chi connectivity index (χ2v) is 6.23. The average Bonchev–Trinajstić information content (AvgIpc) is 3.14. The number of amides is 2. The van der Waals surface area contributed by atoms with Gasteiger partial charge in [-0.2, -0.15) is 0 Å². The molecule has 2 aromatic heterocycles. The SMILES string of the molecule is CC(=O)NC(Cc1cnc[nH]1)C(=O)NCCCc1scnc1C. The van der Waals surface area contributed by atoms with Gasteiger partial charge in [0.05, 0.1) is 17.5 Å². The lowest BCUT2D eigenvalue weighted by atomic mass is 10.1. The van der Waals surface area contributed by atoms with Crippen molar-refractivity contribution >= 4 is 23.2 Å². The first-order valence-corrected chi connectivity index (χ1v) is 8.35. The van der Waals surface area contributed by atoms with Crippen LogP contribution in [0.5, 0.6) is 0 Å². The van der Waals surface area contributed by atoms with Crippen LogP contribution in [0.2, 0.25) is 0 Å². The summed E-state index contributed by atoms with van der Waals surface area (Å²) in [6.07, 6.45) is 5.32. The summed E-state index contributed by atoms with van der Waals surface area (Å²) >= 11 is 1.63. The predicted octanol–water partition coefficient (Wildman–Crippen LogP) is 0.971. The van der Waals surface area contributed by atoms with E-state index in [0.29, 0.717) is 13.0 Å². The summed E-state index contributed by atoms with van der Waals surface area (Å²) in [6, 6.07) is -0.599. The number of carbonyl (C=O) groups excluding carboxylic acids is 2. The van der Waals surface area contributed by atoms with E-state index >= 15 is 0 Å². The van der Waals surface area contributed by atoms with Crippen LogP contribution in [0.25, 0.3) is 0 Å². The third-order valence-corrected chi connectivity index (χ3v) is 4.39. The number of nitrogens with zero attached hydrogens (tertiary/aromatic N) is 2. The van der Waals surface area contributed by atoms with Crippen molar-refractivity contribution in [3.05, 3.63) is 34.3 Å². The normalized spacial score (nSPS) is 11.9. The number of H-pyrrole nitrogens is 1. The van der Waals surface area contributed by atoms with Crippen LogP contribution in [-0.4, -0.2) is 39.4 Å². The van der Waals surface area contributed by atoms with Crippen LogP contribution in [0.3, 0.4) is 0 Å². The largest absolute Gasteiger partial charge is 0.354 e. The van der Waals surface area contributed by atoms with E-state index in [9.17, 15) is 9.59 Å². The van der Waals surface area contributed by atoms with Gasteiger partial charge >= 0.3 is 0 Å². The number of aryl methyl sites for hydroxylation is 2. The molecule has 1 unspecified atom stereocenters. The van der Waals surface area contributed by atoms with Gasteiger partial charge in [0.2, 0.25) is 11.8 Å². The van der Waals surface area contributed by atoms with Gasteiger partial charge in [0.25, 0.3) is 0 Å². The summed E-state index contributed by atoms with van der Waals surface area (Å²) in [5.41, 5.74) is 3.69. The van der Waals surface area contributed by atoms with Crippen molar-refractivity contribution in [3.8, 4) is 0 Å². The zero-order valence-corrected chi connectivity index (χ0v) is 14.1. The van der Waals surface area contributed by atoms with Crippen molar-refractivity contribution in [2.24, 2.45) is 0 Å². The second-order valence-electron chi connectivity index (χ2n) is 5.29. The van der Waals surface area contributed by atoms with E-state index in [2.05, 4.69) is 25.6 Å². The monoisotopic (exact) mass is 335 g/mol. The summed E-state index contributed by atoms with van der Waals surface area (Å²) in [4.78, 5) is 35.9. The molecule has 3 N–H and O–H groups in total. The Kier molecular flexibility index (Phi) is 6.28. The first-order valence-electron chi connectivity index (χ1n) is 7.47. The van der Waals surface area contributed by atoms with Crippen molar-refractivity contribution < 1.29 is 9.59 Å². The summed E-state index contributed by atoms with van der Waals surface area (Å²) in [5, 5.41) is 5.55. The fraction of sp³-hybridized carbons (Fsp3) is 0.467. The molecule has 0 radical (unpaired) electrons. The number of thiazole rings is 1. The molecule has 0 aromatic carbocycles. The minimum Gasteiger partial charge on any atom is -0.354 e. The molecular weight excluding hydrogens is 314 g/mol. The molecule has 124 valence electrons. The number of rotatable bonds is 8. The molecule has 0 aliphatic rings. The van der Waals surface area contributed by atoms with E-state index in [1.54, 1.807) is 23.9 Å². The Morgan fingerprint density at radius 2 is 2.26 bits per heavy atom. The van der Waals surface area contributed by atoms with E-state index in [1.165, 1.54) is 11.8 Å². The van der Waals surface area contributed by atoms with Crippen LogP contribution in [0.1, 0.15) is 29.6 Å². The lowest BCUT2D eigenvalue weighted by Crippen LogP contribution is -2.47. The lowest BCUT2D eigenvalue weighted by molar-refractivity contribution is -0.128. The fourth-order valence-corrected chi connectivity index (χ4v) is 3.04. The average molecular weight is 335 g/mol. The Morgan fingerprint density at radius 3 is 2.87 bits per heavy atom. The smallest absolute Gasteiger partial charge is 0.242 e. The van der Waals surface area contributed by atoms with Crippen molar-refractivity contribution in [1.82, 2.24) is 25.6 Å². The molecule has 2 heterocycles. The van der Waals surface area contributed by atoms with Crippen LogP contribution in [-0.2, 0) is 22.4 Å². The minimum atomic E-state index is -0.599. The molecule has 0 saturated carbocycles. The molecule has 2 amide bonds. The number of aromatic nitrogens is 3. The molecule has 0 aliphatic heterocycles. The predicted molar refractivity (Wildman–Crippen MR) is 88.1 cm³/mol. The molecule has 0 saturated heterocycles. The number of carbonyl (C=O) groups is 2. The summed E-state index contributed by atoms with van der Waals surface area (Å²) < 4.78 is 0. The van der Waals surface area contributed by atoms with E-state index < -0.39 is 6.04 Å². The zero-order valence-electron chi connectivity index (χ0n) is 13.3. The van der Waals surface area contributed by atoms with Crippen LogP contribution >= 0.6 is 11.3 Å². The van der Waals surface area contributed by atoms with Gasteiger partial charge in [-0.3, -0.25) is 9.59 Å². The number of imidazole rings is 1. The van der Waals surface area contributed by atoms with Crippen molar-refractivity contribution in [2.75, 3.05) is 6.54 Å². The molecule has 2 rings (SSSR count). The van der Waals surface area contributed by atoms with Crippen LogP contribution < -0.4 is 10.6 Å². The van der Waals surface area contributed by atoms with E-state index in [4.69, 9.17) is 0 Å². The van der Waals surface area contributed by atoms with Crippen molar-refractivity contribution in [1.29, 1.82) is 0 Å². The topological polar surface area (TPSA) is 99.8 Å². The lowest BCUT2D eigenvalue weighted by Gasteiger charge is -2.16. The van der Waals surface area contributed by atoms with E-state index in [0.717, 1.165) is 24.2 Å². The Bertz CT molecular complexity index is 638. The molecular formula is C15H21N5O2S. The highest BCUT2D eigenvalue weighted by Gasteiger charge is 2.20. The molecule has 1 atom stereocenters. The Morgan fingerprint density at radius 1 is 1.43 bits per heavy atom. The Balaban J connectivity index is 1.80. The van der Waals surface area contributed by atoms with E-state index in [-0.39, 0.29) is 11.8 Å². The summed E-state index contributed by atoms with van der Waals surface area (Å²) in [6.45, 7) is 3.96. The first-order chi connectivity index (χ1) is 11.1. The summed E-state index contributed by atoms with van der Waals surface area (Å²) in [7, 11) is 0. The van der Waals surface area contributed by atoms with Crippen molar-refractivity contribution in [3.63, 3.8) is 0 Å². The van der Waals surface area contributed by atoms with Gasteiger partial charge in [-0.25, -0.2) is 9.97 Å². The number of hydrogen-bond donors (Lipinski definition) is 3.